The van der Waals surface area contributed by atoms with Gasteiger partial charge in [0.1, 0.15) is 0 Å². The lowest BCUT2D eigenvalue weighted by Gasteiger charge is -2.24. The lowest BCUT2D eigenvalue weighted by atomic mass is 10.0. The number of fused-ring (bicyclic) bond motifs is 1. The van der Waals surface area contributed by atoms with Gasteiger partial charge < -0.3 is 20.9 Å². The van der Waals surface area contributed by atoms with Crippen LogP contribution in [0.3, 0.4) is 0 Å². The number of nitrogens with zero attached hydrogens (tertiary/aromatic N) is 5. The Labute approximate surface area is 175 Å². The fraction of sp³-hybridized carbons (Fsp3) is 0.273. The summed E-state index contributed by atoms with van der Waals surface area (Å²) in [5, 5.41) is 12.2. The zero-order valence-electron chi connectivity index (χ0n) is 17.3. The van der Waals surface area contributed by atoms with Gasteiger partial charge in [0.15, 0.2) is 11.6 Å². The Balaban J connectivity index is 1.70. The van der Waals surface area contributed by atoms with E-state index in [4.69, 9.17) is 10.7 Å². The van der Waals surface area contributed by atoms with Crippen LogP contribution in [0, 0.1) is 0 Å². The molecule has 0 fully saturated rings. The number of rotatable bonds is 6. The van der Waals surface area contributed by atoms with Crippen molar-refractivity contribution in [2.75, 3.05) is 29.2 Å². The molecule has 2 aromatic carbocycles. The number of anilines is 4. The molecule has 1 amide bonds. The minimum atomic E-state index is -0.423. The Morgan fingerprint density at radius 2 is 1.93 bits per heavy atom. The Morgan fingerprint density at radius 3 is 2.63 bits per heavy atom. The first-order chi connectivity index (χ1) is 14.5. The van der Waals surface area contributed by atoms with Crippen LogP contribution in [0.1, 0.15) is 28.4 Å². The third kappa shape index (κ3) is 3.63. The highest BCUT2D eigenvalue weighted by molar-refractivity contribution is 5.97. The molecule has 0 saturated heterocycles. The van der Waals surface area contributed by atoms with Gasteiger partial charge in [0.05, 0.1) is 0 Å². The molecule has 8 nitrogen and oxygen atoms in total. The number of benzene rings is 2. The van der Waals surface area contributed by atoms with Crippen LogP contribution in [0.5, 0.6) is 0 Å². The van der Waals surface area contributed by atoms with E-state index in [0.717, 1.165) is 16.8 Å². The fourth-order valence-electron chi connectivity index (χ4n) is 3.79. The van der Waals surface area contributed by atoms with Crippen LogP contribution in [-0.2, 0) is 13.0 Å². The van der Waals surface area contributed by atoms with Crippen LogP contribution in [0.25, 0.3) is 0 Å². The Bertz CT molecular complexity index is 1070. The van der Waals surface area contributed by atoms with Crippen molar-refractivity contribution in [3.63, 3.8) is 0 Å². The molecule has 0 saturated carbocycles. The molecule has 154 valence electrons. The van der Waals surface area contributed by atoms with Gasteiger partial charge in [-0.15, -0.1) is 10.2 Å². The van der Waals surface area contributed by atoms with E-state index in [1.54, 1.807) is 6.07 Å². The standard InChI is InChI=1S/C22H25N7O/c1-14-12-17-16(19(23)30)10-7-11-18(17)29(14)22-25-20(21(26-27-22)28(2)3)24-13-15-8-5-4-6-9-15/h4-11,14H,12-13H2,1-3H3,(H2,23,30)(H,24,25,27). The number of carbonyl (C=O) groups excluding carboxylic acids is 1. The normalized spacial score (nSPS) is 15.0. The summed E-state index contributed by atoms with van der Waals surface area (Å²) in [6.07, 6.45) is 0.694. The van der Waals surface area contributed by atoms with Crippen LogP contribution >= 0.6 is 0 Å². The Kier molecular flexibility index (Phi) is 5.22. The van der Waals surface area contributed by atoms with Gasteiger partial charge in [-0.05, 0) is 36.6 Å². The molecule has 1 aliphatic heterocycles. The van der Waals surface area contributed by atoms with Gasteiger partial charge in [-0.25, -0.2) is 0 Å². The molecular weight excluding hydrogens is 378 g/mol. The zero-order valence-corrected chi connectivity index (χ0v) is 17.3. The summed E-state index contributed by atoms with van der Waals surface area (Å²) in [7, 11) is 3.82. The molecule has 0 bridgehead atoms. The average molecular weight is 403 g/mol. The molecule has 30 heavy (non-hydrogen) atoms. The maximum Gasteiger partial charge on any atom is 0.252 e. The molecular formula is C22H25N7O. The fourth-order valence-corrected chi connectivity index (χ4v) is 3.79. The van der Waals surface area contributed by atoms with Crippen molar-refractivity contribution in [2.24, 2.45) is 5.73 Å². The molecule has 4 rings (SSSR count). The number of hydrogen-bond acceptors (Lipinski definition) is 7. The highest BCUT2D eigenvalue weighted by Crippen LogP contribution is 2.39. The van der Waals surface area contributed by atoms with Crippen LogP contribution in [0.4, 0.5) is 23.3 Å². The smallest absolute Gasteiger partial charge is 0.252 e. The first-order valence-corrected chi connectivity index (χ1v) is 9.86. The van der Waals surface area contributed by atoms with Crippen molar-refractivity contribution in [2.45, 2.75) is 25.9 Å². The van der Waals surface area contributed by atoms with E-state index in [1.165, 1.54) is 0 Å². The molecule has 8 heteroatoms. The molecule has 1 aromatic heterocycles. The third-order valence-electron chi connectivity index (χ3n) is 5.22. The van der Waals surface area contributed by atoms with Crippen molar-refractivity contribution in [3.05, 3.63) is 65.2 Å². The summed E-state index contributed by atoms with van der Waals surface area (Å²) in [6.45, 7) is 2.70. The second-order valence-corrected chi connectivity index (χ2v) is 7.61. The van der Waals surface area contributed by atoms with E-state index in [0.29, 0.717) is 36.1 Å². The Morgan fingerprint density at radius 1 is 1.17 bits per heavy atom. The van der Waals surface area contributed by atoms with E-state index >= 15 is 0 Å². The molecule has 0 spiro atoms. The van der Waals surface area contributed by atoms with Gasteiger partial charge in [0.2, 0.25) is 5.91 Å². The first kappa shape index (κ1) is 19.6. The number of primary amides is 1. The highest BCUT2D eigenvalue weighted by atomic mass is 16.1. The number of nitrogens with two attached hydrogens (primary N) is 1. The number of hydrogen-bond donors (Lipinski definition) is 2. The van der Waals surface area contributed by atoms with Crippen LogP contribution in [-0.4, -0.2) is 41.2 Å². The summed E-state index contributed by atoms with van der Waals surface area (Å²) in [4.78, 5) is 20.5. The molecule has 3 N–H and O–H groups in total. The second kappa shape index (κ2) is 7.98. The minimum absolute atomic E-state index is 0.0782. The molecule has 2 heterocycles. The lowest BCUT2D eigenvalue weighted by molar-refractivity contribution is 0.0999. The molecule has 1 aliphatic rings. The van der Waals surface area contributed by atoms with E-state index < -0.39 is 5.91 Å². The molecule has 1 atom stereocenters. The number of nitrogens with one attached hydrogen (secondary N) is 1. The largest absolute Gasteiger partial charge is 0.366 e. The first-order valence-electron chi connectivity index (χ1n) is 9.86. The van der Waals surface area contributed by atoms with Crippen molar-refractivity contribution < 1.29 is 4.79 Å². The minimum Gasteiger partial charge on any atom is -0.366 e. The van der Waals surface area contributed by atoms with Crippen LogP contribution in [0.15, 0.2) is 48.5 Å². The van der Waals surface area contributed by atoms with Crippen molar-refractivity contribution >= 4 is 29.2 Å². The van der Waals surface area contributed by atoms with Gasteiger partial charge in [0, 0.05) is 37.9 Å². The molecule has 0 radical (unpaired) electrons. The summed E-state index contributed by atoms with van der Waals surface area (Å²) in [5.41, 5.74) is 9.09. The highest BCUT2D eigenvalue weighted by Gasteiger charge is 2.32. The zero-order chi connectivity index (χ0) is 21.3. The van der Waals surface area contributed by atoms with Gasteiger partial charge in [0.25, 0.3) is 5.95 Å². The lowest BCUT2D eigenvalue weighted by Crippen LogP contribution is -2.27. The molecule has 1 unspecified atom stereocenters. The molecule has 0 aliphatic carbocycles. The van der Waals surface area contributed by atoms with Gasteiger partial charge in [-0.2, -0.15) is 4.98 Å². The predicted octanol–water partition coefficient (Wildman–Crippen LogP) is 2.73. The summed E-state index contributed by atoms with van der Waals surface area (Å²) in [5.74, 6) is 1.38. The van der Waals surface area contributed by atoms with Crippen LogP contribution in [0.2, 0.25) is 0 Å². The average Bonchev–Trinajstić information content (AvgIpc) is 3.08. The monoisotopic (exact) mass is 403 g/mol. The number of aromatic nitrogens is 3. The number of amides is 1. The predicted molar refractivity (Wildman–Crippen MR) is 118 cm³/mol. The maximum atomic E-state index is 11.8. The van der Waals surface area contributed by atoms with E-state index in [9.17, 15) is 4.79 Å². The Hall–Kier alpha value is -3.68. The van der Waals surface area contributed by atoms with E-state index in [-0.39, 0.29) is 6.04 Å². The summed E-state index contributed by atoms with van der Waals surface area (Å²) < 4.78 is 0. The second-order valence-electron chi connectivity index (χ2n) is 7.61. The van der Waals surface area contributed by atoms with E-state index in [1.807, 2.05) is 54.2 Å². The summed E-state index contributed by atoms with van der Waals surface area (Å²) >= 11 is 0. The summed E-state index contributed by atoms with van der Waals surface area (Å²) in [6, 6.07) is 15.8. The van der Waals surface area contributed by atoms with Gasteiger partial charge in [-0.1, -0.05) is 36.4 Å². The third-order valence-corrected chi connectivity index (χ3v) is 5.22. The topological polar surface area (TPSA) is 100 Å². The van der Waals surface area contributed by atoms with Crippen molar-refractivity contribution in [1.82, 2.24) is 15.2 Å². The van der Waals surface area contributed by atoms with Crippen LogP contribution < -0.4 is 20.9 Å². The maximum absolute atomic E-state index is 11.8. The quantitative estimate of drug-likeness (QED) is 0.653. The van der Waals surface area contributed by atoms with E-state index in [2.05, 4.69) is 34.6 Å². The van der Waals surface area contributed by atoms with Gasteiger partial charge >= 0.3 is 0 Å². The number of carbonyl (C=O) groups is 1. The van der Waals surface area contributed by atoms with Crippen molar-refractivity contribution in [3.8, 4) is 0 Å². The van der Waals surface area contributed by atoms with Crippen molar-refractivity contribution in [1.29, 1.82) is 0 Å². The van der Waals surface area contributed by atoms with Gasteiger partial charge in [-0.3, -0.25) is 4.79 Å². The molecule has 3 aromatic rings. The SMILES string of the molecule is CC1Cc2c(C(N)=O)cccc2N1c1nnc(N(C)C)c(NCc2ccccc2)n1.